The topological polar surface area (TPSA) is 55.6 Å². The van der Waals surface area contributed by atoms with E-state index in [1.807, 2.05) is 0 Å². The van der Waals surface area contributed by atoms with Crippen molar-refractivity contribution in [3.63, 3.8) is 0 Å². The normalized spacial score (nSPS) is 19.8. The van der Waals surface area contributed by atoms with Gasteiger partial charge in [-0.25, -0.2) is 0 Å². The molecule has 1 saturated carbocycles. The van der Waals surface area contributed by atoms with Crippen molar-refractivity contribution in [1.82, 2.24) is 4.90 Å². The van der Waals surface area contributed by atoms with Crippen molar-refractivity contribution in [3.8, 4) is 0 Å². The fourth-order valence-electron chi connectivity index (χ4n) is 2.14. The van der Waals surface area contributed by atoms with Crippen LogP contribution in [0.5, 0.6) is 0 Å². The average Bonchev–Trinajstić information content (AvgIpc) is 2.25. The molecule has 1 aliphatic carbocycles. The molecule has 1 unspecified atom stereocenters. The van der Waals surface area contributed by atoms with E-state index in [1.54, 1.807) is 6.92 Å². The number of rotatable bonds is 7. The number of nitrogens with two attached hydrogens (primary N) is 1. The number of hydrogen-bond acceptors (Lipinski definition) is 4. The van der Waals surface area contributed by atoms with E-state index >= 15 is 0 Å². The SMILES string of the molecule is CCN(CCC(C)(N)C(=O)OC)CC1CCC1. The Hall–Kier alpha value is -0.610. The first-order valence-corrected chi connectivity index (χ1v) is 6.59. The lowest BCUT2D eigenvalue weighted by Crippen LogP contribution is -2.48. The summed E-state index contributed by atoms with van der Waals surface area (Å²) >= 11 is 0. The number of nitrogens with zero attached hydrogens (tertiary/aromatic N) is 1. The molecular weight excluding hydrogens is 216 g/mol. The van der Waals surface area contributed by atoms with E-state index < -0.39 is 5.54 Å². The standard InChI is InChI=1S/C13H26N2O2/c1-4-15(10-11-6-5-7-11)9-8-13(2,14)12(16)17-3/h11H,4-10,14H2,1-3H3. The maximum Gasteiger partial charge on any atom is 0.325 e. The summed E-state index contributed by atoms with van der Waals surface area (Å²) in [4.78, 5) is 13.8. The van der Waals surface area contributed by atoms with Crippen LogP contribution in [0, 0.1) is 5.92 Å². The minimum absolute atomic E-state index is 0.322. The first-order chi connectivity index (χ1) is 7.99. The zero-order chi connectivity index (χ0) is 12.9. The lowest BCUT2D eigenvalue weighted by Gasteiger charge is -2.33. The zero-order valence-corrected chi connectivity index (χ0v) is 11.4. The maximum atomic E-state index is 11.5. The Kier molecular flexibility index (Phi) is 5.40. The van der Waals surface area contributed by atoms with E-state index in [0.29, 0.717) is 6.42 Å². The number of ether oxygens (including phenoxy) is 1. The van der Waals surface area contributed by atoms with Crippen molar-refractivity contribution < 1.29 is 9.53 Å². The van der Waals surface area contributed by atoms with Gasteiger partial charge < -0.3 is 15.4 Å². The van der Waals surface area contributed by atoms with Crippen LogP contribution < -0.4 is 5.73 Å². The molecule has 17 heavy (non-hydrogen) atoms. The highest BCUT2D eigenvalue weighted by molar-refractivity contribution is 5.79. The van der Waals surface area contributed by atoms with Crippen LogP contribution in [0.1, 0.15) is 39.5 Å². The van der Waals surface area contributed by atoms with Gasteiger partial charge in [0.1, 0.15) is 5.54 Å². The number of carbonyl (C=O) groups is 1. The maximum absolute atomic E-state index is 11.5. The number of carbonyl (C=O) groups excluding carboxylic acids is 1. The van der Waals surface area contributed by atoms with Crippen LogP contribution in [0.15, 0.2) is 0 Å². The molecule has 0 radical (unpaired) electrons. The molecule has 0 aromatic rings. The molecule has 4 nitrogen and oxygen atoms in total. The number of hydrogen-bond donors (Lipinski definition) is 1. The second-order valence-corrected chi connectivity index (χ2v) is 5.35. The Bertz CT molecular complexity index is 250. The van der Waals surface area contributed by atoms with Gasteiger partial charge in [0.25, 0.3) is 0 Å². The van der Waals surface area contributed by atoms with E-state index in [-0.39, 0.29) is 5.97 Å². The van der Waals surface area contributed by atoms with Gasteiger partial charge in [-0.3, -0.25) is 4.79 Å². The molecule has 0 aromatic carbocycles. The molecule has 0 saturated heterocycles. The summed E-state index contributed by atoms with van der Waals surface area (Å²) in [7, 11) is 1.39. The molecule has 4 heteroatoms. The Morgan fingerprint density at radius 2 is 2.18 bits per heavy atom. The van der Waals surface area contributed by atoms with Crippen LogP contribution in [0.3, 0.4) is 0 Å². The number of esters is 1. The summed E-state index contributed by atoms with van der Waals surface area (Å²) in [5.74, 6) is 0.536. The van der Waals surface area contributed by atoms with Gasteiger partial charge in [0, 0.05) is 13.1 Å². The number of methoxy groups -OCH3 is 1. The van der Waals surface area contributed by atoms with Gasteiger partial charge in [0.15, 0.2) is 0 Å². The van der Waals surface area contributed by atoms with Crippen LogP contribution in [0.25, 0.3) is 0 Å². The van der Waals surface area contributed by atoms with Crippen LogP contribution in [0.4, 0.5) is 0 Å². The van der Waals surface area contributed by atoms with Crippen molar-refractivity contribution in [2.24, 2.45) is 11.7 Å². The Balaban J connectivity index is 2.32. The van der Waals surface area contributed by atoms with Crippen molar-refractivity contribution in [1.29, 1.82) is 0 Å². The average molecular weight is 242 g/mol. The molecule has 0 heterocycles. The van der Waals surface area contributed by atoms with Gasteiger partial charge in [0.2, 0.25) is 0 Å². The zero-order valence-electron chi connectivity index (χ0n) is 11.4. The van der Waals surface area contributed by atoms with Gasteiger partial charge in [-0.15, -0.1) is 0 Å². The lowest BCUT2D eigenvalue weighted by atomic mass is 9.85. The van der Waals surface area contributed by atoms with Crippen LogP contribution in [-0.2, 0) is 9.53 Å². The second kappa shape index (κ2) is 6.36. The van der Waals surface area contributed by atoms with Crippen LogP contribution in [-0.4, -0.2) is 43.2 Å². The first kappa shape index (κ1) is 14.5. The summed E-state index contributed by atoms with van der Waals surface area (Å²) in [6.07, 6.45) is 4.74. The van der Waals surface area contributed by atoms with Crippen LogP contribution in [0.2, 0.25) is 0 Å². The van der Waals surface area contributed by atoms with Crippen LogP contribution >= 0.6 is 0 Å². The predicted octanol–water partition coefficient (Wildman–Crippen LogP) is 1.39. The lowest BCUT2D eigenvalue weighted by molar-refractivity contribution is -0.146. The highest BCUT2D eigenvalue weighted by Crippen LogP contribution is 2.27. The third-order valence-electron chi connectivity index (χ3n) is 3.79. The summed E-state index contributed by atoms with van der Waals surface area (Å²) in [6.45, 7) is 6.94. The van der Waals surface area contributed by atoms with E-state index in [4.69, 9.17) is 10.5 Å². The minimum atomic E-state index is -0.859. The fraction of sp³-hybridized carbons (Fsp3) is 0.923. The molecule has 100 valence electrons. The highest BCUT2D eigenvalue weighted by atomic mass is 16.5. The molecule has 1 atom stereocenters. The molecular formula is C13H26N2O2. The minimum Gasteiger partial charge on any atom is -0.468 e. The highest BCUT2D eigenvalue weighted by Gasteiger charge is 2.30. The van der Waals surface area contributed by atoms with Gasteiger partial charge in [-0.05, 0) is 38.6 Å². The molecule has 0 bridgehead atoms. The molecule has 0 amide bonds. The third-order valence-corrected chi connectivity index (χ3v) is 3.79. The predicted molar refractivity (Wildman–Crippen MR) is 68.7 cm³/mol. The van der Waals surface area contributed by atoms with E-state index in [1.165, 1.54) is 26.4 Å². The van der Waals surface area contributed by atoms with E-state index in [2.05, 4.69) is 11.8 Å². The molecule has 1 rings (SSSR count). The molecule has 0 spiro atoms. The van der Waals surface area contributed by atoms with Gasteiger partial charge in [-0.2, -0.15) is 0 Å². The third kappa shape index (κ3) is 4.28. The largest absolute Gasteiger partial charge is 0.468 e. The Labute approximate surface area is 104 Å². The molecule has 1 fully saturated rings. The quantitative estimate of drug-likeness (QED) is 0.685. The van der Waals surface area contributed by atoms with Crippen molar-refractivity contribution in [2.75, 3.05) is 26.7 Å². The van der Waals surface area contributed by atoms with E-state index in [9.17, 15) is 4.79 Å². The molecule has 1 aliphatic rings. The van der Waals surface area contributed by atoms with Gasteiger partial charge in [0.05, 0.1) is 7.11 Å². The van der Waals surface area contributed by atoms with Gasteiger partial charge >= 0.3 is 5.97 Å². The Morgan fingerprint density at radius 3 is 2.59 bits per heavy atom. The summed E-state index contributed by atoms with van der Waals surface area (Å²) in [6, 6.07) is 0. The molecule has 0 aliphatic heterocycles. The summed E-state index contributed by atoms with van der Waals surface area (Å²) < 4.78 is 4.71. The Morgan fingerprint density at radius 1 is 1.53 bits per heavy atom. The fourth-order valence-corrected chi connectivity index (χ4v) is 2.14. The molecule has 0 aromatic heterocycles. The van der Waals surface area contributed by atoms with Crippen molar-refractivity contribution in [3.05, 3.63) is 0 Å². The second-order valence-electron chi connectivity index (χ2n) is 5.35. The van der Waals surface area contributed by atoms with Crippen molar-refractivity contribution >= 4 is 5.97 Å². The van der Waals surface area contributed by atoms with Gasteiger partial charge in [-0.1, -0.05) is 13.3 Å². The van der Waals surface area contributed by atoms with E-state index in [0.717, 1.165) is 25.6 Å². The molecule has 2 N–H and O–H groups in total. The first-order valence-electron chi connectivity index (χ1n) is 6.59. The monoisotopic (exact) mass is 242 g/mol. The van der Waals surface area contributed by atoms with Crippen molar-refractivity contribution in [2.45, 2.75) is 45.1 Å². The smallest absolute Gasteiger partial charge is 0.325 e. The summed E-state index contributed by atoms with van der Waals surface area (Å²) in [5.41, 5.74) is 5.09. The summed E-state index contributed by atoms with van der Waals surface area (Å²) in [5, 5.41) is 0.